The molecule has 0 aliphatic carbocycles. The van der Waals surface area contributed by atoms with Crippen LogP contribution in [0.15, 0.2) is 60.8 Å². The topological polar surface area (TPSA) is 237 Å². The number of carbonyl (C=O) groups is 4. The third-order valence-corrected chi connectivity index (χ3v) is 19.4. The van der Waals surface area contributed by atoms with E-state index < -0.39 is 97.5 Å². The molecule has 0 radical (unpaired) electrons. The number of rotatable bonds is 77. The lowest BCUT2D eigenvalue weighted by atomic mass is 10.1. The molecule has 0 saturated heterocycles. The molecule has 0 heterocycles. The van der Waals surface area contributed by atoms with Gasteiger partial charge in [-0.1, -0.05) is 294 Å². The summed E-state index contributed by atoms with van der Waals surface area (Å²) in [6.07, 6.45) is 73.4. The van der Waals surface area contributed by atoms with Gasteiger partial charge < -0.3 is 33.8 Å². The Kier molecular flexibility index (Phi) is 71.6. The first-order valence-electron chi connectivity index (χ1n) is 40.5. The first-order valence-corrected chi connectivity index (χ1v) is 43.5. The maximum absolute atomic E-state index is 13.1. The van der Waals surface area contributed by atoms with E-state index in [9.17, 15) is 43.2 Å². The van der Waals surface area contributed by atoms with Gasteiger partial charge in [0.05, 0.1) is 26.4 Å². The first kappa shape index (κ1) is 96.8. The van der Waals surface area contributed by atoms with E-state index in [-0.39, 0.29) is 25.7 Å². The molecule has 5 atom stereocenters. The highest BCUT2D eigenvalue weighted by atomic mass is 31.2. The summed E-state index contributed by atoms with van der Waals surface area (Å²) in [4.78, 5) is 72.9. The second-order valence-corrected chi connectivity index (χ2v) is 30.3. The van der Waals surface area contributed by atoms with Gasteiger partial charge in [0.25, 0.3) is 0 Å². The first-order chi connectivity index (χ1) is 48.7. The van der Waals surface area contributed by atoms with Crippen LogP contribution in [0.25, 0.3) is 0 Å². The molecular formula is C81H148O17P2. The minimum Gasteiger partial charge on any atom is -0.462 e. The zero-order valence-corrected chi connectivity index (χ0v) is 65.7. The number of phosphoric acid groups is 2. The van der Waals surface area contributed by atoms with Crippen LogP contribution in [0.1, 0.15) is 374 Å². The minimum atomic E-state index is -4.97. The summed E-state index contributed by atoms with van der Waals surface area (Å²) in [5.41, 5.74) is 0. The predicted molar refractivity (Wildman–Crippen MR) is 409 cm³/mol. The molecule has 0 aromatic heterocycles. The Morgan fingerprint density at radius 3 is 0.780 bits per heavy atom. The molecule has 100 heavy (non-hydrogen) atoms. The molecule has 0 aliphatic heterocycles. The fraction of sp³-hybridized carbons (Fsp3) is 0.827. The van der Waals surface area contributed by atoms with Gasteiger partial charge in [0.1, 0.15) is 19.3 Å². The molecule has 0 aliphatic rings. The zero-order chi connectivity index (χ0) is 73.2. The highest BCUT2D eigenvalue weighted by Gasteiger charge is 2.30. The number of hydrogen-bond donors (Lipinski definition) is 3. The maximum atomic E-state index is 13.1. The quantitative estimate of drug-likeness (QED) is 0.0169. The lowest BCUT2D eigenvalue weighted by Gasteiger charge is -2.21. The zero-order valence-electron chi connectivity index (χ0n) is 63.9. The SMILES string of the molecule is CCCCC/C=C\C/C=C\C/C=C\CCCCCCCCC(=O)OCC(COP(=O)(O)OCC(O)COP(=O)(O)OCC(COC(=O)CCCCCCC/C=C\CCCCCCCC)OC(=O)CCCCCCC/C=C\CCCCCCCC)OC(=O)CCCCCCCCCCCCC. The number of allylic oxidation sites excluding steroid dienone is 10. The van der Waals surface area contributed by atoms with Crippen molar-refractivity contribution in [1.29, 1.82) is 0 Å². The van der Waals surface area contributed by atoms with Crippen LogP contribution in [-0.2, 0) is 65.4 Å². The fourth-order valence-electron chi connectivity index (χ4n) is 11.2. The highest BCUT2D eigenvalue weighted by Crippen LogP contribution is 2.45. The van der Waals surface area contributed by atoms with Crippen LogP contribution in [0, 0.1) is 0 Å². The van der Waals surface area contributed by atoms with Crippen molar-refractivity contribution in [3.8, 4) is 0 Å². The minimum absolute atomic E-state index is 0.0880. The summed E-state index contributed by atoms with van der Waals surface area (Å²) in [5, 5.41) is 10.6. The monoisotopic (exact) mass is 1460 g/mol. The van der Waals surface area contributed by atoms with Gasteiger partial charge >= 0.3 is 39.5 Å². The number of aliphatic hydroxyl groups excluding tert-OH is 1. The van der Waals surface area contributed by atoms with Gasteiger partial charge in [-0.3, -0.25) is 37.3 Å². The highest BCUT2D eigenvalue weighted by molar-refractivity contribution is 7.47. The fourth-order valence-corrected chi connectivity index (χ4v) is 12.8. The van der Waals surface area contributed by atoms with E-state index in [4.69, 9.17) is 37.0 Å². The molecule has 0 saturated carbocycles. The molecule has 584 valence electrons. The van der Waals surface area contributed by atoms with E-state index in [2.05, 4.69) is 88.5 Å². The molecule has 17 nitrogen and oxygen atoms in total. The Balaban J connectivity index is 5.30. The second-order valence-electron chi connectivity index (χ2n) is 27.4. The van der Waals surface area contributed by atoms with E-state index >= 15 is 0 Å². The van der Waals surface area contributed by atoms with Crippen molar-refractivity contribution in [1.82, 2.24) is 0 Å². The average molecular weight is 1460 g/mol. The molecule has 0 rings (SSSR count). The third kappa shape index (κ3) is 73.1. The molecule has 0 fully saturated rings. The smallest absolute Gasteiger partial charge is 0.462 e. The van der Waals surface area contributed by atoms with Gasteiger partial charge in [-0.2, -0.15) is 0 Å². The van der Waals surface area contributed by atoms with Gasteiger partial charge in [-0.15, -0.1) is 0 Å². The van der Waals surface area contributed by atoms with Crippen LogP contribution in [0.4, 0.5) is 0 Å². The van der Waals surface area contributed by atoms with Gasteiger partial charge in [0, 0.05) is 25.7 Å². The van der Waals surface area contributed by atoms with Crippen molar-refractivity contribution < 1.29 is 80.2 Å². The van der Waals surface area contributed by atoms with Crippen LogP contribution in [-0.4, -0.2) is 96.7 Å². The van der Waals surface area contributed by atoms with Crippen molar-refractivity contribution in [2.45, 2.75) is 393 Å². The lowest BCUT2D eigenvalue weighted by molar-refractivity contribution is -0.161. The number of hydrogen-bond acceptors (Lipinski definition) is 15. The molecule has 3 N–H and O–H groups in total. The van der Waals surface area contributed by atoms with E-state index in [1.807, 2.05) is 0 Å². The van der Waals surface area contributed by atoms with E-state index in [1.54, 1.807) is 0 Å². The van der Waals surface area contributed by atoms with E-state index in [0.29, 0.717) is 25.7 Å². The van der Waals surface area contributed by atoms with Crippen molar-refractivity contribution in [3.63, 3.8) is 0 Å². The number of ether oxygens (including phenoxy) is 4. The Hall–Kier alpha value is -3.24. The van der Waals surface area contributed by atoms with E-state index in [1.165, 1.54) is 135 Å². The van der Waals surface area contributed by atoms with E-state index in [0.717, 1.165) is 161 Å². The lowest BCUT2D eigenvalue weighted by Crippen LogP contribution is -2.30. The maximum Gasteiger partial charge on any atom is 0.472 e. The van der Waals surface area contributed by atoms with Crippen LogP contribution < -0.4 is 0 Å². The molecule has 0 bridgehead atoms. The van der Waals surface area contributed by atoms with Gasteiger partial charge in [0.15, 0.2) is 12.2 Å². The molecular weight excluding hydrogens is 1310 g/mol. The van der Waals surface area contributed by atoms with Gasteiger partial charge in [-0.05, 0) is 116 Å². The summed E-state index contributed by atoms with van der Waals surface area (Å²) in [7, 11) is -9.94. The Morgan fingerprint density at radius 1 is 0.280 bits per heavy atom. The third-order valence-electron chi connectivity index (χ3n) is 17.5. The Bertz CT molecular complexity index is 2130. The van der Waals surface area contributed by atoms with Crippen LogP contribution >= 0.6 is 15.6 Å². The molecule has 0 amide bonds. The van der Waals surface area contributed by atoms with Gasteiger partial charge in [0.2, 0.25) is 0 Å². The Morgan fingerprint density at radius 2 is 0.490 bits per heavy atom. The van der Waals surface area contributed by atoms with Crippen LogP contribution in [0.2, 0.25) is 0 Å². The summed E-state index contributed by atoms with van der Waals surface area (Å²) in [5.74, 6) is -2.17. The molecule has 0 spiro atoms. The number of esters is 4. The van der Waals surface area contributed by atoms with Gasteiger partial charge in [-0.25, -0.2) is 9.13 Å². The predicted octanol–water partition coefficient (Wildman–Crippen LogP) is 23.5. The van der Waals surface area contributed by atoms with Crippen LogP contribution in [0.3, 0.4) is 0 Å². The molecule has 5 unspecified atom stereocenters. The molecule has 19 heteroatoms. The summed E-state index contributed by atoms with van der Waals surface area (Å²) < 4.78 is 68.6. The van der Waals surface area contributed by atoms with Crippen molar-refractivity contribution in [3.05, 3.63) is 60.8 Å². The average Bonchev–Trinajstić information content (AvgIpc) is 0.953. The van der Waals surface area contributed by atoms with Crippen LogP contribution in [0.5, 0.6) is 0 Å². The standard InChI is InChI=1S/C81H148O17P2/c1-5-9-13-17-21-25-29-32-35-36-37-38-41-43-47-50-54-58-62-66-79(84)91-71-76(97-80(85)67-63-59-55-51-45-28-24-20-16-12-8-4)73-95-99(87,88)93-69-75(82)70-94-100(89,90)96-74-77(98-81(86)68-64-60-56-52-48-44-40-34-31-27-23-19-15-11-7-3)72-92-78(83)65-61-57-53-49-46-42-39-33-30-26-22-18-14-10-6-2/h21,25,32-35,37-40,75-77,82H,5-20,22-24,26-31,36,41-74H2,1-4H3,(H,87,88)(H,89,90)/b25-21-,35-32-,38-37-,39-33-,40-34-. The number of aliphatic hydroxyl groups is 1. The largest absolute Gasteiger partial charge is 0.472 e. The van der Waals surface area contributed by atoms with Crippen molar-refractivity contribution >= 4 is 39.5 Å². The van der Waals surface area contributed by atoms with Crippen molar-refractivity contribution in [2.24, 2.45) is 0 Å². The number of phosphoric ester groups is 2. The normalized spacial score (nSPS) is 14.2. The number of carbonyl (C=O) groups excluding carboxylic acids is 4. The summed E-state index contributed by atoms with van der Waals surface area (Å²) >= 11 is 0. The summed E-state index contributed by atoms with van der Waals surface area (Å²) in [6.45, 7) is 4.87. The second kappa shape index (κ2) is 74.0. The molecule has 0 aromatic rings. The Labute approximate surface area is 610 Å². The summed E-state index contributed by atoms with van der Waals surface area (Å²) in [6, 6.07) is 0. The van der Waals surface area contributed by atoms with Crippen molar-refractivity contribution in [2.75, 3.05) is 39.6 Å². The number of unbranched alkanes of at least 4 members (excludes halogenated alkanes) is 41. The molecule has 0 aromatic carbocycles.